The molecule has 0 bridgehead atoms. The van der Waals surface area contributed by atoms with Gasteiger partial charge in [0.2, 0.25) is 6.08 Å². The third kappa shape index (κ3) is 3.05. The third-order valence-corrected chi connectivity index (χ3v) is 1.83. The average Bonchev–Trinajstić information content (AvgIpc) is 2.12. The average molecular weight is 230 g/mol. The number of carbonyl (C=O) groups excluding carboxylic acids is 1. The van der Waals surface area contributed by atoms with Gasteiger partial charge in [-0.25, -0.2) is 9.18 Å². The van der Waals surface area contributed by atoms with Gasteiger partial charge in [0.05, 0.1) is 11.1 Å². The van der Waals surface area contributed by atoms with Crippen molar-refractivity contribution in [2.24, 2.45) is 4.99 Å². The maximum absolute atomic E-state index is 13.1. The van der Waals surface area contributed by atoms with E-state index in [1.165, 1.54) is 12.1 Å². The fourth-order valence-electron chi connectivity index (χ4n) is 0.997. The van der Waals surface area contributed by atoms with E-state index in [4.69, 9.17) is 16.3 Å². The molecule has 1 aromatic carbocycles. The van der Waals surface area contributed by atoms with Gasteiger partial charge in [0.25, 0.3) is 0 Å². The largest absolute Gasteiger partial charge is 0.489 e. The first-order valence-corrected chi connectivity index (χ1v) is 4.66. The van der Waals surface area contributed by atoms with E-state index in [0.717, 1.165) is 6.07 Å². The molecule has 0 unspecified atom stereocenters. The number of halogens is 2. The highest BCUT2D eigenvalue weighted by molar-refractivity contribution is 6.32. The smallest absolute Gasteiger partial charge is 0.240 e. The molecule has 0 amide bonds. The predicted molar refractivity (Wildman–Crippen MR) is 55.0 cm³/mol. The van der Waals surface area contributed by atoms with E-state index in [0.29, 0.717) is 5.75 Å². The first-order chi connectivity index (χ1) is 7.04. The molecule has 0 fully saturated rings. The van der Waals surface area contributed by atoms with Gasteiger partial charge >= 0.3 is 0 Å². The third-order valence-electron chi connectivity index (χ3n) is 1.53. The van der Waals surface area contributed by atoms with Crippen molar-refractivity contribution in [2.45, 2.75) is 20.0 Å². The molecule has 0 radical (unpaired) electrons. The lowest BCUT2D eigenvalue weighted by molar-refractivity contribution is 0.242. The molecule has 15 heavy (non-hydrogen) atoms. The van der Waals surface area contributed by atoms with E-state index in [2.05, 4.69) is 4.99 Å². The van der Waals surface area contributed by atoms with E-state index in [9.17, 15) is 9.18 Å². The first kappa shape index (κ1) is 11.7. The molecular weight excluding hydrogens is 221 g/mol. The van der Waals surface area contributed by atoms with Crippen molar-refractivity contribution in [2.75, 3.05) is 0 Å². The molecule has 0 aromatic heterocycles. The number of isocyanates is 1. The molecule has 1 aromatic rings. The number of rotatable bonds is 3. The van der Waals surface area contributed by atoms with Crippen LogP contribution in [0.4, 0.5) is 10.1 Å². The summed E-state index contributed by atoms with van der Waals surface area (Å²) in [6.07, 6.45) is 1.16. The lowest BCUT2D eigenvalue weighted by atomic mass is 10.3. The Bertz CT molecular complexity index is 414. The summed E-state index contributed by atoms with van der Waals surface area (Å²) in [5, 5.41) is 0.144. The van der Waals surface area contributed by atoms with E-state index in [-0.39, 0.29) is 16.8 Å². The van der Waals surface area contributed by atoms with E-state index >= 15 is 0 Å². The summed E-state index contributed by atoms with van der Waals surface area (Å²) in [6.45, 7) is 3.62. The molecule has 0 aliphatic rings. The van der Waals surface area contributed by atoms with Crippen molar-refractivity contribution in [1.82, 2.24) is 0 Å². The monoisotopic (exact) mass is 229 g/mol. The van der Waals surface area contributed by atoms with Crippen LogP contribution in [0.25, 0.3) is 0 Å². The van der Waals surface area contributed by atoms with Gasteiger partial charge in [-0.15, -0.1) is 0 Å². The lowest BCUT2D eigenvalue weighted by Gasteiger charge is -2.11. The fourth-order valence-corrected chi connectivity index (χ4v) is 1.19. The van der Waals surface area contributed by atoms with Crippen LogP contribution in [0.15, 0.2) is 17.1 Å². The summed E-state index contributed by atoms with van der Waals surface area (Å²) < 4.78 is 18.4. The summed E-state index contributed by atoms with van der Waals surface area (Å²) in [5.41, 5.74) is -0.134. The number of aliphatic imine (C=N–C) groups is 1. The summed E-state index contributed by atoms with van der Waals surface area (Å²) in [6, 6.07) is 2.32. The van der Waals surface area contributed by atoms with Crippen LogP contribution >= 0.6 is 11.6 Å². The highest BCUT2D eigenvalue weighted by atomic mass is 35.5. The number of nitrogens with zero attached hydrogens (tertiary/aromatic N) is 1. The Balaban J connectivity index is 3.16. The molecule has 1 rings (SSSR count). The number of hydrogen-bond donors (Lipinski definition) is 0. The maximum atomic E-state index is 13.1. The molecule has 0 spiro atoms. The number of ether oxygens (including phenoxy) is 1. The SMILES string of the molecule is CC(C)Oc1cc(N=C=O)c(F)cc1Cl. The molecule has 0 aliphatic carbocycles. The Hall–Kier alpha value is -1.38. The minimum Gasteiger partial charge on any atom is -0.489 e. The zero-order chi connectivity index (χ0) is 11.4. The Morgan fingerprint density at radius 1 is 1.53 bits per heavy atom. The highest BCUT2D eigenvalue weighted by Crippen LogP contribution is 2.32. The second-order valence-corrected chi connectivity index (χ2v) is 3.51. The Kier molecular flexibility index (Phi) is 3.83. The van der Waals surface area contributed by atoms with Crippen LogP contribution < -0.4 is 4.74 Å². The van der Waals surface area contributed by atoms with Gasteiger partial charge in [-0.3, -0.25) is 0 Å². The molecule has 0 N–H and O–H groups in total. The van der Waals surface area contributed by atoms with E-state index in [1.807, 2.05) is 13.8 Å². The summed E-state index contributed by atoms with van der Waals surface area (Å²) in [4.78, 5) is 13.2. The van der Waals surface area contributed by atoms with Crippen LogP contribution in [0.1, 0.15) is 13.8 Å². The van der Waals surface area contributed by atoms with Crippen molar-refractivity contribution in [1.29, 1.82) is 0 Å². The van der Waals surface area contributed by atoms with E-state index in [1.54, 1.807) is 0 Å². The highest BCUT2D eigenvalue weighted by Gasteiger charge is 2.10. The second-order valence-electron chi connectivity index (χ2n) is 3.10. The summed E-state index contributed by atoms with van der Waals surface area (Å²) in [5.74, 6) is -0.387. The molecule has 0 heterocycles. The quantitative estimate of drug-likeness (QED) is 0.590. The summed E-state index contributed by atoms with van der Waals surface area (Å²) in [7, 11) is 0. The number of benzene rings is 1. The minimum absolute atomic E-state index is 0.0963. The second kappa shape index (κ2) is 4.91. The van der Waals surface area contributed by atoms with Gasteiger partial charge < -0.3 is 4.74 Å². The van der Waals surface area contributed by atoms with Gasteiger partial charge in [0.1, 0.15) is 11.4 Å². The summed E-state index contributed by atoms with van der Waals surface area (Å²) >= 11 is 5.74. The Morgan fingerprint density at radius 2 is 2.20 bits per heavy atom. The normalized spacial score (nSPS) is 9.93. The van der Waals surface area contributed by atoms with Crippen LogP contribution in [0.5, 0.6) is 5.75 Å². The fraction of sp³-hybridized carbons (Fsp3) is 0.300. The standard InChI is InChI=1S/C10H9ClFNO2/c1-6(2)15-10-4-9(13-5-14)8(12)3-7(10)11/h3-4,6H,1-2H3. The van der Waals surface area contributed by atoms with Gasteiger partial charge in [-0.1, -0.05) is 11.6 Å². The van der Waals surface area contributed by atoms with Crippen molar-refractivity contribution in [3.05, 3.63) is 23.0 Å². The van der Waals surface area contributed by atoms with Gasteiger partial charge in [0, 0.05) is 6.07 Å². The van der Waals surface area contributed by atoms with Gasteiger partial charge in [-0.05, 0) is 19.9 Å². The zero-order valence-electron chi connectivity index (χ0n) is 8.25. The molecule has 0 atom stereocenters. The van der Waals surface area contributed by atoms with Crippen LogP contribution in [-0.2, 0) is 4.79 Å². The lowest BCUT2D eigenvalue weighted by Crippen LogP contribution is -2.05. The Labute approximate surface area is 91.5 Å². The molecule has 80 valence electrons. The minimum atomic E-state index is -0.681. The molecule has 5 heteroatoms. The molecule has 0 saturated heterocycles. The molecule has 3 nitrogen and oxygen atoms in total. The van der Waals surface area contributed by atoms with Crippen molar-refractivity contribution in [3.63, 3.8) is 0 Å². The molecule has 0 saturated carbocycles. The topological polar surface area (TPSA) is 38.7 Å². The predicted octanol–water partition coefficient (Wildman–Crippen LogP) is 3.23. The number of hydrogen-bond acceptors (Lipinski definition) is 3. The molecule has 0 aliphatic heterocycles. The van der Waals surface area contributed by atoms with Crippen molar-refractivity contribution < 1.29 is 13.9 Å². The maximum Gasteiger partial charge on any atom is 0.240 e. The Morgan fingerprint density at radius 3 is 2.73 bits per heavy atom. The van der Waals surface area contributed by atoms with Crippen LogP contribution in [-0.4, -0.2) is 12.2 Å². The van der Waals surface area contributed by atoms with Crippen molar-refractivity contribution in [3.8, 4) is 5.75 Å². The zero-order valence-corrected chi connectivity index (χ0v) is 9.01. The van der Waals surface area contributed by atoms with Crippen LogP contribution in [0.3, 0.4) is 0 Å². The first-order valence-electron chi connectivity index (χ1n) is 4.28. The van der Waals surface area contributed by atoms with Crippen LogP contribution in [0.2, 0.25) is 5.02 Å². The van der Waals surface area contributed by atoms with Crippen LogP contribution in [0, 0.1) is 5.82 Å². The molecular formula is C10H9ClFNO2. The van der Waals surface area contributed by atoms with Gasteiger partial charge in [-0.2, -0.15) is 4.99 Å². The van der Waals surface area contributed by atoms with Gasteiger partial charge in [0.15, 0.2) is 5.82 Å². The van der Waals surface area contributed by atoms with Crippen molar-refractivity contribution >= 4 is 23.4 Å². The van der Waals surface area contributed by atoms with E-state index < -0.39 is 5.82 Å².